The Morgan fingerprint density at radius 2 is 2.10 bits per heavy atom. The largest absolute Gasteiger partial charge is 0.467 e. The van der Waals surface area contributed by atoms with Crippen molar-refractivity contribution in [2.45, 2.75) is 44.2 Å². The van der Waals surface area contributed by atoms with Crippen molar-refractivity contribution >= 4 is 35.6 Å². The van der Waals surface area contributed by atoms with Crippen molar-refractivity contribution in [2.24, 2.45) is 5.73 Å². The van der Waals surface area contributed by atoms with Crippen LogP contribution >= 0.6 is 23.7 Å². The van der Waals surface area contributed by atoms with Gasteiger partial charge in [-0.25, -0.2) is 9.78 Å². The van der Waals surface area contributed by atoms with E-state index in [1.54, 1.807) is 5.38 Å². The Labute approximate surface area is 133 Å². The summed E-state index contributed by atoms with van der Waals surface area (Å²) in [5.74, 6) is -0.715. The van der Waals surface area contributed by atoms with E-state index < -0.39 is 5.54 Å². The zero-order chi connectivity index (χ0) is 14.6. The van der Waals surface area contributed by atoms with E-state index >= 15 is 0 Å². The summed E-state index contributed by atoms with van der Waals surface area (Å²) in [6, 6.07) is 0. The number of thiazole rings is 1. The molecule has 6 nitrogen and oxygen atoms in total. The summed E-state index contributed by atoms with van der Waals surface area (Å²) in [5.41, 5.74) is 4.89. The van der Waals surface area contributed by atoms with Crippen LogP contribution in [0, 0.1) is 0 Å². The van der Waals surface area contributed by atoms with Gasteiger partial charge in [-0.15, -0.1) is 23.7 Å². The minimum atomic E-state index is -0.906. The maximum Gasteiger partial charge on any atom is 0.331 e. The standard InChI is InChI=1S/C13H19N3O3S.ClH/c1-19-12(18)13(5-3-2-4-6-13)16-11(17)9-8-20-10(7-14)15-9;/h8H,2-7,14H2,1H3,(H,16,17);1H. The second-order valence-corrected chi connectivity index (χ2v) is 5.86. The number of hydrogen-bond donors (Lipinski definition) is 2. The molecular weight excluding hydrogens is 314 g/mol. The average Bonchev–Trinajstić information content (AvgIpc) is 2.96. The molecule has 0 aromatic carbocycles. The lowest BCUT2D eigenvalue weighted by Crippen LogP contribution is -2.56. The number of methoxy groups -OCH3 is 1. The molecule has 0 radical (unpaired) electrons. The van der Waals surface area contributed by atoms with Crippen LogP contribution in [0.15, 0.2) is 5.38 Å². The van der Waals surface area contributed by atoms with Crippen LogP contribution in [0.5, 0.6) is 0 Å². The molecule has 21 heavy (non-hydrogen) atoms. The smallest absolute Gasteiger partial charge is 0.331 e. The fourth-order valence-electron chi connectivity index (χ4n) is 2.52. The quantitative estimate of drug-likeness (QED) is 0.817. The predicted molar refractivity (Wildman–Crippen MR) is 82.6 cm³/mol. The molecule has 0 aliphatic heterocycles. The first-order valence-corrected chi connectivity index (χ1v) is 7.54. The van der Waals surface area contributed by atoms with E-state index in [0.717, 1.165) is 19.3 Å². The van der Waals surface area contributed by atoms with E-state index in [1.165, 1.54) is 18.4 Å². The third-order valence-electron chi connectivity index (χ3n) is 3.60. The highest BCUT2D eigenvalue weighted by atomic mass is 35.5. The highest BCUT2D eigenvalue weighted by Gasteiger charge is 2.42. The van der Waals surface area contributed by atoms with E-state index in [2.05, 4.69) is 10.3 Å². The summed E-state index contributed by atoms with van der Waals surface area (Å²) in [6.07, 6.45) is 4.10. The van der Waals surface area contributed by atoms with Gasteiger partial charge in [0.15, 0.2) is 0 Å². The number of ether oxygens (including phenoxy) is 1. The highest BCUT2D eigenvalue weighted by Crippen LogP contribution is 2.29. The first-order valence-electron chi connectivity index (χ1n) is 6.67. The number of rotatable bonds is 4. The Hall–Kier alpha value is -1.18. The van der Waals surface area contributed by atoms with E-state index in [1.807, 2.05) is 0 Å². The summed E-state index contributed by atoms with van der Waals surface area (Å²) in [4.78, 5) is 28.4. The van der Waals surface area contributed by atoms with Gasteiger partial charge in [0.05, 0.1) is 7.11 Å². The molecular formula is C13H20ClN3O3S. The van der Waals surface area contributed by atoms with Crippen LogP contribution in [0.3, 0.4) is 0 Å². The molecule has 0 unspecified atom stereocenters. The van der Waals surface area contributed by atoms with Crippen molar-refractivity contribution < 1.29 is 14.3 Å². The van der Waals surface area contributed by atoms with Gasteiger partial charge >= 0.3 is 5.97 Å². The summed E-state index contributed by atoms with van der Waals surface area (Å²) in [5, 5.41) is 5.18. The van der Waals surface area contributed by atoms with Crippen molar-refractivity contribution in [3.05, 3.63) is 16.1 Å². The lowest BCUT2D eigenvalue weighted by molar-refractivity contribution is -0.149. The summed E-state index contributed by atoms with van der Waals surface area (Å²) < 4.78 is 4.86. The molecule has 1 heterocycles. The number of amides is 1. The number of nitrogens with two attached hydrogens (primary N) is 1. The van der Waals surface area contributed by atoms with Crippen molar-refractivity contribution in [1.82, 2.24) is 10.3 Å². The van der Waals surface area contributed by atoms with Gasteiger partial charge in [0, 0.05) is 11.9 Å². The third kappa shape index (κ3) is 3.93. The van der Waals surface area contributed by atoms with E-state index in [-0.39, 0.29) is 24.3 Å². The minimum Gasteiger partial charge on any atom is -0.467 e. The number of carbonyl (C=O) groups is 2. The summed E-state index contributed by atoms with van der Waals surface area (Å²) in [6.45, 7) is 0.306. The zero-order valence-electron chi connectivity index (χ0n) is 11.9. The molecule has 1 aromatic rings. The molecule has 1 amide bonds. The Morgan fingerprint density at radius 1 is 1.43 bits per heavy atom. The summed E-state index contributed by atoms with van der Waals surface area (Å²) in [7, 11) is 1.35. The van der Waals surface area contributed by atoms with Crippen LogP contribution in [0.1, 0.15) is 47.6 Å². The van der Waals surface area contributed by atoms with Gasteiger partial charge in [0.25, 0.3) is 5.91 Å². The topological polar surface area (TPSA) is 94.3 Å². The number of nitrogens with one attached hydrogen (secondary N) is 1. The molecule has 0 spiro atoms. The van der Waals surface area contributed by atoms with Crippen LogP contribution in [-0.2, 0) is 16.1 Å². The maximum atomic E-state index is 12.3. The maximum absolute atomic E-state index is 12.3. The van der Waals surface area contributed by atoms with Gasteiger partial charge in [0.1, 0.15) is 16.2 Å². The molecule has 0 saturated heterocycles. The Balaban J connectivity index is 0.00000220. The zero-order valence-corrected chi connectivity index (χ0v) is 13.5. The number of aromatic nitrogens is 1. The second-order valence-electron chi connectivity index (χ2n) is 4.92. The Morgan fingerprint density at radius 3 is 2.62 bits per heavy atom. The van der Waals surface area contributed by atoms with E-state index in [0.29, 0.717) is 30.1 Å². The van der Waals surface area contributed by atoms with Crippen molar-refractivity contribution in [3.63, 3.8) is 0 Å². The van der Waals surface area contributed by atoms with Crippen LogP contribution < -0.4 is 11.1 Å². The van der Waals surface area contributed by atoms with Gasteiger partial charge in [-0.05, 0) is 12.8 Å². The van der Waals surface area contributed by atoms with Crippen molar-refractivity contribution in [1.29, 1.82) is 0 Å². The predicted octanol–water partition coefficient (Wildman–Crippen LogP) is 1.63. The number of nitrogens with zero attached hydrogens (tertiary/aromatic N) is 1. The van der Waals surface area contributed by atoms with Crippen molar-refractivity contribution in [2.75, 3.05) is 7.11 Å². The number of hydrogen-bond acceptors (Lipinski definition) is 6. The molecule has 3 N–H and O–H groups in total. The van der Waals surface area contributed by atoms with Crippen LogP contribution in [-0.4, -0.2) is 29.5 Å². The summed E-state index contributed by atoms with van der Waals surface area (Å²) >= 11 is 1.34. The van der Waals surface area contributed by atoms with E-state index in [9.17, 15) is 9.59 Å². The molecule has 1 aliphatic carbocycles. The number of halogens is 1. The molecule has 1 saturated carbocycles. The minimum absolute atomic E-state index is 0. The molecule has 0 atom stereocenters. The fraction of sp³-hybridized carbons (Fsp3) is 0.615. The first-order chi connectivity index (χ1) is 9.61. The van der Waals surface area contributed by atoms with Gasteiger partial charge in [0.2, 0.25) is 0 Å². The van der Waals surface area contributed by atoms with Crippen LogP contribution in [0.25, 0.3) is 0 Å². The van der Waals surface area contributed by atoms with Gasteiger partial charge in [-0.1, -0.05) is 19.3 Å². The second kappa shape index (κ2) is 7.72. The SMILES string of the molecule is COC(=O)C1(NC(=O)c2csc(CN)n2)CCCCC1.Cl. The fourth-order valence-corrected chi connectivity index (χ4v) is 3.18. The van der Waals surface area contributed by atoms with Gasteiger partial charge in [-0.2, -0.15) is 0 Å². The number of carbonyl (C=O) groups excluding carboxylic acids is 2. The van der Waals surface area contributed by atoms with Crippen LogP contribution in [0.4, 0.5) is 0 Å². The molecule has 1 aromatic heterocycles. The molecule has 1 fully saturated rings. The van der Waals surface area contributed by atoms with Crippen LogP contribution in [0.2, 0.25) is 0 Å². The van der Waals surface area contributed by atoms with E-state index in [4.69, 9.17) is 10.5 Å². The lowest BCUT2D eigenvalue weighted by Gasteiger charge is -2.34. The van der Waals surface area contributed by atoms with Gasteiger partial charge in [-0.3, -0.25) is 4.79 Å². The average molecular weight is 334 g/mol. The highest BCUT2D eigenvalue weighted by molar-refractivity contribution is 7.09. The third-order valence-corrected chi connectivity index (χ3v) is 4.47. The first kappa shape index (κ1) is 17.9. The molecule has 0 bridgehead atoms. The monoisotopic (exact) mass is 333 g/mol. The molecule has 118 valence electrons. The van der Waals surface area contributed by atoms with Gasteiger partial charge < -0.3 is 15.8 Å². The molecule has 8 heteroatoms. The normalized spacial score (nSPS) is 16.7. The van der Waals surface area contributed by atoms with Crippen molar-refractivity contribution in [3.8, 4) is 0 Å². The molecule has 2 rings (SSSR count). The Kier molecular flexibility index (Phi) is 6.57. The Bertz CT molecular complexity index is 501. The molecule has 1 aliphatic rings. The number of esters is 1. The lowest BCUT2D eigenvalue weighted by atomic mass is 9.81.